The van der Waals surface area contributed by atoms with Gasteiger partial charge in [0.25, 0.3) is 0 Å². The molecule has 0 aliphatic carbocycles. The number of benzene rings is 6. The fourth-order valence-corrected chi connectivity index (χ4v) is 5.52. The molecule has 44 heavy (non-hydrogen) atoms. The lowest BCUT2D eigenvalue weighted by molar-refractivity contribution is 0.111. The third-order valence-corrected chi connectivity index (χ3v) is 7.89. The van der Waals surface area contributed by atoms with E-state index in [9.17, 15) is 9.59 Å². The smallest absolute Gasteiger partial charge is 0.150 e. The Morgan fingerprint density at radius 3 is 1.02 bits per heavy atom. The molecular formula is C40H32N2O2. The van der Waals surface area contributed by atoms with Crippen LogP contribution < -0.4 is 9.80 Å². The molecule has 6 aromatic rings. The summed E-state index contributed by atoms with van der Waals surface area (Å²) in [4.78, 5) is 27.3. The molecule has 4 nitrogen and oxygen atoms in total. The largest absolute Gasteiger partial charge is 0.310 e. The van der Waals surface area contributed by atoms with Gasteiger partial charge in [0.15, 0.2) is 0 Å². The number of hydrogen-bond acceptors (Lipinski definition) is 4. The third kappa shape index (κ3) is 5.79. The van der Waals surface area contributed by atoms with E-state index < -0.39 is 0 Å². The van der Waals surface area contributed by atoms with Gasteiger partial charge < -0.3 is 9.80 Å². The standard InChI is InChI=1S/C40H32N2O2/c1-29-25-39(23-17-33(29)27-43)41(35-9-5-3-6-10-35)37-19-13-31(14-20-37)32-15-21-38(22-16-32)42(36-11-7-4-8-12-36)40-24-18-34(28-44)30(2)26-40/h3-28H,1-2H3. The first-order valence-corrected chi connectivity index (χ1v) is 14.6. The van der Waals surface area contributed by atoms with Crippen molar-refractivity contribution in [1.82, 2.24) is 0 Å². The van der Waals surface area contributed by atoms with Crippen LogP contribution in [0.15, 0.2) is 146 Å². The Labute approximate surface area is 258 Å². The van der Waals surface area contributed by atoms with E-state index in [1.165, 1.54) is 0 Å². The number of rotatable bonds is 9. The SMILES string of the molecule is Cc1cc(N(c2ccccc2)c2ccc(-c3ccc(N(c4ccccc4)c4ccc(C=O)c(C)c4)cc3)cc2)ccc1C=O. The van der Waals surface area contributed by atoms with E-state index in [2.05, 4.69) is 94.7 Å². The number of carbonyl (C=O) groups excluding carboxylic acids is 2. The minimum absolute atomic E-state index is 0.694. The predicted molar refractivity (Wildman–Crippen MR) is 181 cm³/mol. The van der Waals surface area contributed by atoms with Gasteiger partial charge in [0.2, 0.25) is 0 Å². The normalized spacial score (nSPS) is 10.7. The first-order chi connectivity index (χ1) is 21.6. The van der Waals surface area contributed by atoms with Crippen LogP contribution in [0.2, 0.25) is 0 Å². The molecule has 0 atom stereocenters. The zero-order valence-corrected chi connectivity index (χ0v) is 24.7. The van der Waals surface area contributed by atoms with Gasteiger partial charge in [-0.2, -0.15) is 0 Å². The fraction of sp³-hybridized carbons (Fsp3) is 0.0500. The van der Waals surface area contributed by atoms with Crippen molar-refractivity contribution < 1.29 is 9.59 Å². The molecule has 0 N–H and O–H groups in total. The maximum Gasteiger partial charge on any atom is 0.150 e. The van der Waals surface area contributed by atoms with Gasteiger partial charge in [-0.25, -0.2) is 0 Å². The van der Waals surface area contributed by atoms with Crippen LogP contribution in [0.5, 0.6) is 0 Å². The zero-order valence-electron chi connectivity index (χ0n) is 24.7. The average Bonchev–Trinajstić information content (AvgIpc) is 3.07. The van der Waals surface area contributed by atoms with Crippen LogP contribution in [0, 0.1) is 13.8 Å². The molecule has 214 valence electrons. The lowest BCUT2D eigenvalue weighted by Crippen LogP contribution is -2.10. The Morgan fingerprint density at radius 2 is 0.705 bits per heavy atom. The van der Waals surface area contributed by atoms with Gasteiger partial charge in [-0.3, -0.25) is 9.59 Å². The van der Waals surface area contributed by atoms with Crippen molar-refractivity contribution in [2.45, 2.75) is 13.8 Å². The summed E-state index contributed by atoms with van der Waals surface area (Å²) in [6.45, 7) is 3.92. The van der Waals surface area contributed by atoms with Crippen LogP contribution in [0.4, 0.5) is 34.1 Å². The maximum absolute atomic E-state index is 11.4. The molecule has 0 fully saturated rings. The van der Waals surface area contributed by atoms with Crippen LogP contribution in [0.1, 0.15) is 31.8 Å². The Kier molecular flexibility index (Phi) is 8.15. The molecule has 0 saturated carbocycles. The Bertz CT molecular complexity index is 1760. The number of hydrogen-bond donors (Lipinski definition) is 0. The van der Waals surface area contributed by atoms with Crippen LogP contribution in [0.3, 0.4) is 0 Å². The number of para-hydroxylation sites is 2. The highest BCUT2D eigenvalue weighted by molar-refractivity contribution is 5.84. The van der Waals surface area contributed by atoms with E-state index in [0.29, 0.717) is 11.1 Å². The Hall–Kier alpha value is -5.74. The number of aryl methyl sites for hydroxylation is 2. The Morgan fingerprint density at radius 1 is 0.386 bits per heavy atom. The monoisotopic (exact) mass is 572 g/mol. The Balaban J connectivity index is 1.33. The second-order valence-electron chi connectivity index (χ2n) is 10.8. The molecule has 6 aromatic carbocycles. The highest BCUT2D eigenvalue weighted by Gasteiger charge is 2.15. The highest BCUT2D eigenvalue weighted by atomic mass is 16.1. The van der Waals surface area contributed by atoms with E-state index >= 15 is 0 Å². The van der Waals surface area contributed by atoms with E-state index in [0.717, 1.165) is 69.0 Å². The maximum atomic E-state index is 11.4. The van der Waals surface area contributed by atoms with Crippen molar-refractivity contribution in [2.24, 2.45) is 0 Å². The summed E-state index contributed by atoms with van der Waals surface area (Å²) in [7, 11) is 0. The van der Waals surface area contributed by atoms with Crippen LogP contribution in [0.25, 0.3) is 11.1 Å². The van der Waals surface area contributed by atoms with Gasteiger partial charge in [0.1, 0.15) is 12.6 Å². The van der Waals surface area contributed by atoms with Gasteiger partial charge in [-0.15, -0.1) is 0 Å². The quantitative estimate of drug-likeness (QED) is 0.162. The van der Waals surface area contributed by atoms with Crippen LogP contribution in [-0.4, -0.2) is 12.6 Å². The molecule has 0 heterocycles. The van der Waals surface area contributed by atoms with Crippen molar-refractivity contribution in [3.05, 3.63) is 168 Å². The molecule has 0 bridgehead atoms. The van der Waals surface area contributed by atoms with Gasteiger partial charge in [0.05, 0.1) is 0 Å². The predicted octanol–water partition coefficient (Wildman–Crippen LogP) is 10.5. The summed E-state index contributed by atoms with van der Waals surface area (Å²) in [5, 5.41) is 0. The summed E-state index contributed by atoms with van der Waals surface area (Å²) in [6.07, 6.45) is 1.80. The van der Waals surface area contributed by atoms with E-state index in [-0.39, 0.29) is 0 Å². The van der Waals surface area contributed by atoms with Gasteiger partial charge in [-0.1, -0.05) is 60.7 Å². The molecule has 0 aliphatic rings. The summed E-state index contributed by atoms with van der Waals surface area (Å²) < 4.78 is 0. The molecule has 0 aromatic heterocycles. The molecule has 4 heteroatoms. The summed E-state index contributed by atoms with van der Waals surface area (Å²) >= 11 is 0. The van der Waals surface area contributed by atoms with Crippen molar-refractivity contribution >= 4 is 46.7 Å². The number of aldehydes is 2. The van der Waals surface area contributed by atoms with Crippen molar-refractivity contribution in [1.29, 1.82) is 0 Å². The van der Waals surface area contributed by atoms with Gasteiger partial charge in [-0.05, 0) is 121 Å². The van der Waals surface area contributed by atoms with E-state index in [1.54, 1.807) is 0 Å². The summed E-state index contributed by atoms with van der Waals surface area (Å²) in [6, 6.07) is 49.4. The van der Waals surface area contributed by atoms with Gasteiger partial charge >= 0.3 is 0 Å². The number of carbonyl (C=O) groups is 2. The van der Waals surface area contributed by atoms with E-state index in [4.69, 9.17) is 0 Å². The molecule has 0 aliphatic heterocycles. The number of nitrogens with zero attached hydrogens (tertiary/aromatic N) is 2. The average molecular weight is 573 g/mol. The number of anilines is 6. The van der Waals surface area contributed by atoms with Crippen molar-refractivity contribution in [3.63, 3.8) is 0 Å². The minimum atomic E-state index is 0.694. The van der Waals surface area contributed by atoms with Crippen molar-refractivity contribution in [2.75, 3.05) is 9.80 Å². The lowest BCUT2D eigenvalue weighted by Gasteiger charge is -2.26. The summed E-state index contributed by atoms with van der Waals surface area (Å²) in [5.74, 6) is 0. The van der Waals surface area contributed by atoms with Gasteiger partial charge in [0, 0.05) is 45.3 Å². The minimum Gasteiger partial charge on any atom is -0.310 e. The first kappa shape index (κ1) is 28.4. The topological polar surface area (TPSA) is 40.6 Å². The van der Waals surface area contributed by atoms with Crippen LogP contribution in [-0.2, 0) is 0 Å². The molecule has 0 radical (unpaired) electrons. The fourth-order valence-electron chi connectivity index (χ4n) is 5.52. The van der Waals surface area contributed by atoms with Crippen molar-refractivity contribution in [3.8, 4) is 11.1 Å². The molecular weight excluding hydrogens is 540 g/mol. The molecule has 0 spiro atoms. The third-order valence-electron chi connectivity index (χ3n) is 7.89. The second kappa shape index (κ2) is 12.6. The van der Waals surface area contributed by atoms with E-state index in [1.807, 2.05) is 74.5 Å². The highest BCUT2D eigenvalue weighted by Crippen LogP contribution is 2.38. The zero-order chi connectivity index (χ0) is 30.5. The van der Waals surface area contributed by atoms with Crippen LogP contribution >= 0.6 is 0 Å². The molecule has 0 amide bonds. The molecule has 0 unspecified atom stereocenters. The summed E-state index contributed by atoms with van der Waals surface area (Å²) in [5.41, 5.74) is 11.6. The first-order valence-electron chi connectivity index (χ1n) is 14.6. The molecule has 6 rings (SSSR count). The second-order valence-corrected chi connectivity index (χ2v) is 10.8. The lowest BCUT2D eigenvalue weighted by atomic mass is 10.0. The molecule has 0 saturated heterocycles.